The van der Waals surface area contributed by atoms with Crippen LogP contribution in [0.5, 0.6) is 0 Å². The van der Waals surface area contributed by atoms with Gasteiger partial charge in [-0.15, -0.1) is 0 Å². The minimum atomic E-state index is -4.46. The van der Waals surface area contributed by atoms with Crippen molar-refractivity contribution in [1.82, 2.24) is 9.97 Å². The monoisotopic (exact) mass is 383 g/mol. The molecule has 2 aromatic carbocycles. The van der Waals surface area contributed by atoms with Gasteiger partial charge in [-0.25, -0.2) is 10.4 Å². The van der Waals surface area contributed by atoms with Crippen molar-refractivity contribution in [3.8, 4) is 17.3 Å². The predicted octanol–water partition coefficient (Wildman–Crippen LogP) is 3.77. The Bertz CT molecular complexity index is 1110. The molecule has 0 amide bonds. The molecule has 6 nitrogen and oxygen atoms in total. The van der Waals surface area contributed by atoms with Crippen LogP contribution in [0.1, 0.15) is 16.7 Å². The zero-order valence-corrected chi connectivity index (χ0v) is 14.2. The van der Waals surface area contributed by atoms with E-state index in [0.29, 0.717) is 5.56 Å². The minimum absolute atomic E-state index is 0.0499. The fraction of sp³-hybridized carbons (Fsp3) is 0.0526. The Labute approximate surface area is 157 Å². The number of benzene rings is 2. The second kappa shape index (κ2) is 7.75. The van der Waals surface area contributed by atoms with Crippen LogP contribution in [0.15, 0.2) is 64.5 Å². The number of alkyl halides is 3. The normalized spacial score (nSPS) is 11.4. The van der Waals surface area contributed by atoms with Crippen molar-refractivity contribution < 1.29 is 13.2 Å². The van der Waals surface area contributed by atoms with Crippen LogP contribution < -0.4 is 11.0 Å². The molecule has 3 aromatic rings. The van der Waals surface area contributed by atoms with Gasteiger partial charge in [0, 0.05) is 5.56 Å². The molecule has 0 saturated carbocycles. The number of hydrogen-bond donors (Lipinski definition) is 2. The van der Waals surface area contributed by atoms with Crippen molar-refractivity contribution in [1.29, 1.82) is 5.26 Å². The summed E-state index contributed by atoms with van der Waals surface area (Å²) >= 11 is 0. The average molecular weight is 383 g/mol. The van der Waals surface area contributed by atoms with Gasteiger partial charge in [0.05, 0.1) is 17.5 Å². The second-order valence-corrected chi connectivity index (χ2v) is 5.61. The number of nitrogens with zero attached hydrogens (tertiary/aromatic N) is 3. The predicted molar refractivity (Wildman–Crippen MR) is 97.7 cm³/mol. The highest BCUT2D eigenvalue weighted by Gasteiger charge is 2.30. The summed E-state index contributed by atoms with van der Waals surface area (Å²) in [6.45, 7) is 0. The van der Waals surface area contributed by atoms with Gasteiger partial charge in [0.1, 0.15) is 11.6 Å². The number of aromatic nitrogens is 2. The fourth-order valence-electron chi connectivity index (χ4n) is 2.40. The van der Waals surface area contributed by atoms with E-state index in [2.05, 4.69) is 20.5 Å². The molecule has 0 saturated heterocycles. The van der Waals surface area contributed by atoms with E-state index in [1.807, 2.05) is 6.07 Å². The van der Waals surface area contributed by atoms with E-state index >= 15 is 0 Å². The lowest BCUT2D eigenvalue weighted by Crippen LogP contribution is -2.16. The van der Waals surface area contributed by atoms with Crippen molar-refractivity contribution in [2.75, 3.05) is 5.43 Å². The first-order valence-corrected chi connectivity index (χ1v) is 7.94. The number of nitrogens with one attached hydrogen (secondary N) is 2. The molecule has 0 atom stereocenters. The van der Waals surface area contributed by atoms with Gasteiger partial charge in [-0.2, -0.15) is 23.5 Å². The van der Waals surface area contributed by atoms with Crippen molar-refractivity contribution >= 4 is 12.2 Å². The maximum Gasteiger partial charge on any atom is 0.416 e. The van der Waals surface area contributed by atoms with Gasteiger partial charge < -0.3 is 0 Å². The summed E-state index contributed by atoms with van der Waals surface area (Å²) in [4.78, 5) is 18.7. The molecule has 0 spiro atoms. The molecular formula is C19H12F3N5O. The molecule has 0 unspecified atom stereocenters. The summed E-state index contributed by atoms with van der Waals surface area (Å²) in [5.74, 6) is -0.0499. The zero-order valence-electron chi connectivity index (χ0n) is 14.2. The largest absolute Gasteiger partial charge is 0.416 e. The minimum Gasteiger partial charge on any atom is -0.290 e. The first kappa shape index (κ1) is 18.8. The summed E-state index contributed by atoms with van der Waals surface area (Å²) in [5, 5.41) is 13.0. The van der Waals surface area contributed by atoms with Crippen LogP contribution in [0, 0.1) is 11.3 Å². The van der Waals surface area contributed by atoms with Gasteiger partial charge >= 0.3 is 6.18 Å². The van der Waals surface area contributed by atoms with Crippen LogP contribution in [0.25, 0.3) is 11.3 Å². The summed E-state index contributed by atoms with van der Waals surface area (Å²) < 4.78 is 38.2. The maximum atomic E-state index is 12.7. The summed E-state index contributed by atoms with van der Waals surface area (Å²) in [5.41, 5.74) is 1.80. The van der Waals surface area contributed by atoms with Crippen molar-refractivity contribution in [2.45, 2.75) is 6.18 Å². The van der Waals surface area contributed by atoms with E-state index < -0.39 is 17.3 Å². The number of aromatic amines is 1. The quantitative estimate of drug-likeness (QED) is 0.530. The van der Waals surface area contributed by atoms with Gasteiger partial charge in [-0.3, -0.25) is 9.78 Å². The van der Waals surface area contributed by atoms with Crippen LogP contribution in [-0.4, -0.2) is 16.2 Å². The van der Waals surface area contributed by atoms with E-state index in [4.69, 9.17) is 0 Å². The first-order valence-electron chi connectivity index (χ1n) is 7.94. The Balaban J connectivity index is 1.88. The van der Waals surface area contributed by atoms with Crippen LogP contribution in [0.3, 0.4) is 0 Å². The molecule has 0 aliphatic heterocycles. The standard InChI is InChI=1S/C19H12F3N5O/c20-19(21,22)14-8-4-5-12(9-14)11-24-27-18-25-16(13-6-2-1-3-7-13)15(10-23)17(28)26-18/h1-9,11H,(H2,25,26,27,28). The Morgan fingerprint density at radius 1 is 1.14 bits per heavy atom. The SMILES string of the molecule is N#Cc1c(-c2ccccc2)nc(NN=Cc2cccc(C(F)(F)F)c2)[nH]c1=O. The topological polar surface area (TPSA) is 93.9 Å². The van der Waals surface area contributed by atoms with Crippen LogP contribution in [0.4, 0.5) is 19.1 Å². The number of hydrazone groups is 1. The van der Waals surface area contributed by atoms with Crippen LogP contribution >= 0.6 is 0 Å². The highest BCUT2D eigenvalue weighted by molar-refractivity contribution is 5.80. The van der Waals surface area contributed by atoms with E-state index in [1.165, 1.54) is 12.1 Å². The number of nitriles is 1. The Morgan fingerprint density at radius 3 is 2.57 bits per heavy atom. The first-order chi connectivity index (χ1) is 13.4. The Hall–Kier alpha value is -3.93. The van der Waals surface area contributed by atoms with Crippen LogP contribution in [0.2, 0.25) is 0 Å². The molecule has 2 N–H and O–H groups in total. The summed E-state index contributed by atoms with van der Waals surface area (Å²) in [6, 6.07) is 15.1. The molecular weight excluding hydrogens is 371 g/mol. The molecule has 0 aliphatic carbocycles. The van der Waals surface area contributed by atoms with Gasteiger partial charge in [0.25, 0.3) is 5.56 Å². The molecule has 0 aliphatic rings. The molecule has 0 bridgehead atoms. The third-order valence-electron chi connectivity index (χ3n) is 3.68. The maximum absolute atomic E-state index is 12.7. The van der Waals surface area contributed by atoms with Crippen molar-refractivity contribution in [3.05, 3.63) is 81.6 Å². The third kappa shape index (κ3) is 4.24. The highest BCUT2D eigenvalue weighted by Crippen LogP contribution is 2.29. The van der Waals surface area contributed by atoms with E-state index in [-0.39, 0.29) is 22.8 Å². The molecule has 9 heteroatoms. The van der Waals surface area contributed by atoms with Crippen LogP contribution in [-0.2, 0) is 6.18 Å². The van der Waals surface area contributed by atoms with E-state index in [1.54, 1.807) is 30.3 Å². The number of anilines is 1. The fourth-order valence-corrected chi connectivity index (χ4v) is 2.40. The number of halogens is 3. The lowest BCUT2D eigenvalue weighted by atomic mass is 10.1. The number of H-pyrrole nitrogens is 1. The summed E-state index contributed by atoms with van der Waals surface area (Å²) in [6.07, 6.45) is -3.29. The van der Waals surface area contributed by atoms with Gasteiger partial charge in [-0.1, -0.05) is 42.5 Å². The van der Waals surface area contributed by atoms with Gasteiger partial charge in [0.2, 0.25) is 5.95 Å². The zero-order chi connectivity index (χ0) is 20.1. The van der Waals surface area contributed by atoms with Gasteiger partial charge in [0.15, 0.2) is 0 Å². The lowest BCUT2D eigenvalue weighted by molar-refractivity contribution is -0.137. The van der Waals surface area contributed by atoms with E-state index in [9.17, 15) is 23.2 Å². The third-order valence-corrected chi connectivity index (χ3v) is 3.68. The Morgan fingerprint density at radius 2 is 1.89 bits per heavy atom. The summed E-state index contributed by atoms with van der Waals surface area (Å²) in [7, 11) is 0. The molecule has 1 aromatic heterocycles. The second-order valence-electron chi connectivity index (χ2n) is 5.61. The molecule has 1 heterocycles. The molecule has 0 radical (unpaired) electrons. The molecule has 3 rings (SSSR count). The van der Waals surface area contributed by atoms with Gasteiger partial charge in [-0.05, 0) is 17.7 Å². The molecule has 0 fully saturated rings. The molecule has 28 heavy (non-hydrogen) atoms. The average Bonchev–Trinajstić information content (AvgIpc) is 2.68. The number of hydrogen-bond acceptors (Lipinski definition) is 5. The smallest absolute Gasteiger partial charge is 0.290 e. The van der Waals surface area contributed by atoms with Crippen molar-refractivity contribution in [3.63, 3.8) is 0 Å². The number of rotatable bonds is 4. The van der Waals surface area contributed by atoms with E-state index in [0.717, 1.165) is 18.3 Å². The van der Waals surface area contributed by atoms with Crippen molar-refractivity contribution in [2.24, 2.45) is 5.10 Å². The molecule has 140 valence electrons. The Kier molecular flexibility index (Phi) is 5.22. The lowest BCUT2D eigenvalue weighted by Gasteiger charge is -2.07. The highest BCUT2D eigenvalue weighted by atomic mass is 19.4.